The van der Waals surface area contributed by atoms with E-state index in [1.54, 1.807) is 31.8 Å². The lowest BCUT2D eigenvalue weighted by molar-refractivity contribution is 0.191. The molecule has 6 nitrogen and oxygen atoms in total. The molecule has 0 unspecified atom stereocenters. The average molecular weight is 484 g/mol. The van der Waals surface area contributed by atoms with E-state index in [2.05, 4.69) is 25.9 Å². The van der Waals surface area contributed by atoms with Gasteiger partial charge in [0.05, 0.1) is 17.3 Å². The molecular formula is C26H31ClFN5O. The van der Waals surface area contributed by atoms with E-state index in [4.69, 9.17) is 16.3 Å². The molecule has 1 aliphatic carbocycles. The van der Waals surface area contributed by atoms with Crippen molar-refractivity contribution in [2.75, 3.05) is 30.9 Å². The van der Waals surface area contributed by atoms with Crippen LogP contribution in [0.15, 0.2) is 55.0 Å². The van der Waals surface area contributed by atoms with E-state index in [0.29, 0.717) is 23.7 Å². The summed E-state index contributed by atoms with van der Waals surface area (Å²) >= 11 is 6.50. The zero-order chi connectivity index (χ0) is 23.8. The van der Waals surface area contributed by atoms with Crippen LogP contribution in [0.2, 0.25) is 5.02 Å². The summed E-state index contributed by atoms with van der Waals surface area (Å²) in [6.07, 6.45) is 9.65. The second kappa shape index (κ2) is 12.1. The van der Waals surface area contributed by atoms with Gasteiger partial charge in [-0.05, 0) is 55.5 Å². The molecule has 0 amide bonds. The first-order valence-electron chi connectivity index (χ1n) is 11.7. The highest BCUT2D eigenvalue weighted by molar-refractivity contribution is 6.33. The molecule has 1 fully saturated rings. The predicted molar refractivity (Wildman–Crippen MR) is 136 cm³/mol. The molecular weight excluding hydrogens is 453 g/mol. The number of hydrogen-bond donors (Lipinski definition) is 3. The Hall–Kier alpha value is -2.74. The number of anilines is 2. The van der Waals surface area contributed by atoms with Crippen molar-refractivity contribution in [1.29, 1.82) is 0 Å². The van der Waals surface area contributed by atoms with E-state index in [0.717, 1.165) is 67.0 Å². The summed E-state index contributed by atoms with van der Waals surface area (Å²) in [5.41, 5.74) is 3.47. The Bertz CT molecular complexity index is 1070. The van der Waals surface area contributed by atoms with Crippen LogP contribution in [-0.2, 0) is 11.3 Å². The maximum Gasteiger partial charge on any atom is 0.126 e. The van der Waals surface area contributed by atoms with Crippen LogP contribution in [-0.4, -0.2) is 42.3 Å². The number of hydrogen-bond acceptors (Lipinski definition) is 6. The molecule has 180 valence electrons. The van der Waals surface area contributed by atoms with Crippen LogP contribution in [0, 0.1) is 5.82 Å². The summed E-state index contributed by atoms with van der Waals surface area (Å²) in [5, 5.41) is 11.0. The van der Waals surface area contributed by atoms with Crippen LogP contribution in [0.4, 0.5) is 15.9 Å². The van der Waals surface area contributed by atoms with E-state index in [-0.39, 0.29) is 5.82 Å². The van der Waals surface area contributed by atoms with Crippen molar-refractivity contribution in [3.8, 4) is 11.1 Å². The SMILES string of the molecule is COCCNC1CCC(Nc2cc(-c3cncc(NCc4cccc(F)c4)c3)c(Cl)cn2)CC1. The molecule has 4 rings (SSSR count). The van der Waals surface area contributed by atoms with Crippen LogP contribution in [0.5, 0.6) is 0 Å². The molecule has 3 aromatic rings. The number of pyridine rings is 2. The summed E-state index contributed by atoms with van der Waals surface area (Å²) < 4.78 is 18.6. The topological polar surface area (TPSA) is 71.1 Å². The summed E-state index contributed by atoms with van der Waals surface area (Å²) in [5.74, 6) is 0.568. The summed E-state index contributed by atoms with van der Waals surface area (Å²) in [6, 6.07) is 11.5. The molecule has 0 bridgehead atoms. The van der Waals surface area contributed by atoms with Crippen LogP contribution < -0.4 is 16.0 Å². The molecule has 8 heteroatoms. The predicted octanol–water partition coefficient (Wildman–Crippen LogP) is 5.51. The van der Waals surface area contributed by atoms with E-state index >= 15 is 0 Å². The van der Waals surface area contributed by atoms with Crippen molar-refractivity contribution >= 4 is 23.1 Å². The van der Waals surface area contributed by atoms with Crippen molar-refractivity contribution in [2.45, 2.75) is 44.3 Å². The molecule has 2 heterocycles. The van der Waals surface area contributed by atoms with Gasteiger partial charge in [-0.25, -0.2) is 9.37 Å². The number of methoxy groups -OCH3 is 1. The third kappa shape index (κ3) is 6.88. The fraction of sp³-hybridized carbons (Fsp3) is 0.385. The van der Waals surface area contributed by atoms with E-state index in [1.807, 2.05) is 18.2 Å². The standard InChI is InChI=1S/C26H31ClFN5O/c1-34-10-9-30-21-5-7-22(8-6-21)33-26-13-24(25(27)17-32-26)19-12-23(16-29-15-19)31-14-18-3-2-4-20(28)11-18/h2-4,11-13,15-17,21-22,30-31H,5-10,14H2,1H3,(H,32,33). The maximum absolute atomic E-state index is 13.4. The second-order valence-corrected chi connectivity index (χ2v) is 9.04. The van der Waals surface area contributed by atoms with Crippen LogP contribution in [0.3, 0.4) is 0 Å². The van der Waals surface area contributed by atoms with E-state index < -0.39 is 0 Å². The Balaban J connectivity index is 1.38. The Kier molecular flexibility index (Phi) is 8.68. The highest BCUT2D eigenvalue weighted by Crippen LogP contribution is 2.31. The fourth-order valence-corrected chi connectivity index (χ4v) is 4.50. The van der Waals surface area contributed by atoms with Crippen LogP contribution in [0.1, 0.15) is 31.2 Å². The zero-order valence-electron chi connectivity index (χ0n) is 19.4. The van der Waals surface area contributed by atoms with Gasteiger partial charge in [-0.2, -0.15) is 0 Å². The second-order valence-electron chi connectivity index (χ2n) is 8.63. The first-order valence-corrected chi connectivity index (χ1v) is 12.1. The summed E-state index contributed by atoms with van der Waals surface area (Å²) in [4.78, 5) is 8.86. The third-order valence-corrected chi connectivity index (χ3v) is 6.41. The first-order chi connectivity index (χ1) is 16.6. The zero-order valence-corrected chi connectivity index (χ0v) is 20.1. The molecule has 0 atom stereocenters. The van der Waals surface area contributed by atoms with E-state index in [9.17, 15) is 4.39 Å². The van der Waals surface area contributed by atoms with E-state index in [1.165, 1.54) is 12.1 Å². The lowest BCUT2D eigenvalue weighted by atomic mass is 9.91. The molecule has 1 aromatic carbocycles. The molecule has 2 aromatic heterocycles. The molecule has 0 aliphatic heterocycles. The summed E-state index contributed by atoms with van der Waals surface area (Å²) in [7, 11) is 1.73. The molecule has 34 heavy (non-hydrogen) atoms. The van der Waals surface area contributed by atoms with Gasteiger partial charge in [-0.3, -0.25) is 4.98 Å². The number of nitrogens with zero attached hydrogens (tertiary/aromatic N) is 2. The van der Waals surface area contributed by atoms with Gasteiger partial charge in [-0.1, -0.05) is 23.7 Å². The van der Waals surface area contributed by atoms with Crippen LogP contribution in [0.25, 0.3) is 11.1 Å². The minimum Gasteiger partial charge on any atom is -0.383 e. The first kappa shape index (κ1) is 24.4. The fourth-order valence-electron chi connectivity index (χ4n) is 4.29. The van der Waals surface area contributed by atoms with Crippen molar-refractivity contribution in [3.05, 3.63) is 71.4 Å². The quantitative estimate of drug-likeness (QED) is 0.330. The minimum absolute atomic E-state index is 0.245. The highest BCUT2D eigenvalue weighted by Gasteiger charge is 2.21. The van der Waals surface area contributed by atoms with Gasteiger partial charge >= 0.3 is 0 Å². The van der Waals surface area contributed by atoms with Gasteiger partial charge in [0.1, 0.15) is 11.6 Å². The Morgan fingerprint density at radius 2 is 1.88 bits per heavy atom. The average Bonchev–Trinajstić information content (AvgIpc) is 2.85. The lowest BCUT2D eigenvalue weighted by Gasteiger charge is -2.30. The molecule has 3 N–H and O–H groups in total. The smallest absolute Gasteiger partial charge is 0.126 e. The Labute approximate surface area is 205 Å². The Morgan fingerprint density at radius 1 is 1.06 bits per heavy atom. The molecule has 0 saturated heterocycles. The van der Waals surface area contributed by atoms with Crippen molar-refractivity contribution in [2.24, 2.45) is 0 Å². The normalized spacial score (nSPS) is 18.0. The Morgan fingerprint density at radius 3 is 2.68 bits per heavy atom. The van der Waals surface area contributed by atoms with Gasteiger partial charge in [0, 0.05) is 62.0 Å². The molecule has 0 radical (unpaired) electrons. The van der Waals surface area contributed by atoms with Crippen molar-refractivity contribution in [1.82, 2.24) is 15.3 Å². The van der Waals surface area contributed by atoms with Gasteiger partial charge in [0.2, 0.25) is 0 Å². The monoisotopic (exact) mass is 483 g/mol. The maximum atomic E-state index is 13.4. The number of aromatic nitrogens is 2. The molecule has 1 saturated carbocycles. The number of benzene rings is 1. The molecule has 0 spiro atoms. The van der Waals surface area contributed by atoms with Crippen molar-refractivity contribution < 1.29 is 9.13 Å². The highest BCUT2D eigenvalue weighted by atomic mass is 35.5. The van der Waals surface area contributed by atoms with Crippen LogP contribution >= 0.6 is 11.6 Å². The summed E-state index contributed by atoms with van der Waals surface area (Å²) in [6.45, 7) is 2.14. The van der Waals surface area contributed by atoms with Gasteiger partial charge in [0.25, 0.3) is 0 Å². The van der Waals surface area contributed by atoms with Gasteiger partial charge in [-0.15, -0.1) is 0 Å². The number of ether oxygens (including phenoxy) is 1. The number of rotatable bonds is 10. The van der Waals surface area contributed by atoms with Gasteiger partial charge in [0.15, 0.2) is 0 Å². The third-order valence-electron chi connectivity index (χ3n) is 6.11. The lowest BCUT2D eigenvalue weighted by Crippen LogP contribution is -2.38. The molecule has 1 aliphatic rings. The largest absolute Gasteiger partial charge is 0.383 e. The number of nitrogens with one attached hydrogen (secondary N) is 3. The van der Waals surface area contributed by atoms with Gasteiger partial charge < -0.3 is 20.7 Å². The van der Waals surface area contributed by atoms with Crippen molar-refractivity contribution in [3.63, 3.8) is 0 Å². The minimum atomic E-state index is -0.245. The number of halogens is 2.